The van der Waals surface area contributed by atoms with Crippen molar-refractivity contribution in [1.29, 1.82) is 0 Å². The minimum Gasteiger partial charge on any atom is -0.316 e. The Morgan fingerprint density at radius 1 is 1.19 bits per heavy atom. The fourth-order valence-electron chi connectivity index (χ4n) is 2.50. The summed E-state index contributed by atoms with van der Waals surface area (Å²) in [6, 6.07) is 13.0. The summed E-state index contributed by atoms with van der Waals surface area (Å²) in [5, 5.41) is 10.8. The van der Waals surface area contributed by atoms with Gasteiger partial charge in [0.2, 0.25) is 5.91 Å². The largest absolute Gasteiger partial charge is 0.316 e. The lowest BCUT2D eigenvalue weighted by Gasteiger charge is -2.17. The maximum absolute atomic E-state index is 12.3. The second-order valence-corrected chi connectivity index (χ2v) is 4.89. The molecule has 0 radical (unpaired) electrons. The molecule has 0 bridgehead atoms. The van der Waals surface area contributed by atoms with Crippen molar-refractivity contribution in [2.24, 2.45) is 5.73 Å². The number of benzene rings is 2. The van der Waals surface area contributed by atoms with E-state index in [2.05, 4.69) is 0 Å². The van der Waals surface area contributed by atoms with Crippen LogP contribution in [0.1, 0.15) is 17.2 Å². The number of nitro groups is 1. The van der Waals surface area contributed by atoms with Crippen LogP contribution in [0.15, 0.2) is 48.5 Å². The molecular weight excluding hydrogens is 270 g/mol. The van der Waals surface area contributed by atoms with Crippen molar-refractivity contribution in [2.45, 2.75) is 12.6 Å². The summed E-state index contributed by atoms with van der Waals surface area (Å²) >= 11 is 0. The molecule has 0 saturated heterocycles. The first-order valence-corrected chi connectivity index (χ1v) is 6.47. The number of hydrogen-bond donors (Lipinski definition) is 1. The van der Waals surface area contributed by atoms with E-state index in [0.29, 0.717) is 17.8 Å². The molecule has 0 fully saturated rings. The number of nitro benzene ring substituents is 1. The molecule has 1 atom stereocenters. The molecule has 1 aliphatic heterocycles. The molecule has 2 aromatic rings. The molecule has 3 rings (SSSR count). The van der Waals surface area contributed by atoms with Crippen LogP contribution in [-0.2, 0) is 11.3 Å². The van der Waals surface area contributed by atoms with Gasteiger partial charge in [0.25, 0.3) is 5.69 Å². The number of hydrogen-bond acceptors (Lipinski definition) is 4. The Hall–Kier alpha value is -2.73. The molecule has 6 heteroatoms. The molecule has 1 unspecified atom stereocenters. The van der Waals surface area contributed by atoms with E-state index in [1.54, 1.807) is 11.0 Å². The van der Waals surface area contributed by atoms with Crippen molar-refractivity contribution < 1.29 is 9.72 Å². The van der Waals surface area contributed by atoms with E-state index in [9.17, 15) is 14.9 Å². The zero-order chi connectivity index (χ0) is 15.0. The molecule has 2 N–H and O–H groups in total. The molecule has 0 saturated carbocycles. The number of amides is 1. The summed E-state index contributed by atoms with van der Waals surface area (Å²) in [7, 11) is 0. The van der Waals surface area contributed by atoms with Crippen molar-refractivity contribution in [3.8, 4) is 0 Å². The highest BCUT2D eigenvalue weighted by molar-refractivity contribution is 6.04. The van der Waals surface area contributed by atoms with Crippen LogP contribution in [0.5, 0.6) is 0 Å². The summed E-state index contributed by atoms with van der Waals surface area (Å²) in [5.41, 5.74) is 7.95. The predicted octanol–water partition coefficient (Wildman–Crippen LogP) is 2.14. The van der Waals surface area contributed by atoms with Crippen LogP contribution >= 0.6 is 0 Å². The standard InChI is InChI=1S/C15H13N3O3/c16-14-12-8-11(18(20)21)6-7-13(12)17(15(14)19)9-10-4-2-1-3-5-10/h1-8,14H,9,16H2. The molecule has 6 nitrogen and oxygen atoms in total. The molecule has 0 aliphatic carbocycles. The van der Waals surface area contributed by atoms with Crippen molar-refractivity contribution in [3.05, 3.63) is 69.8 Å². The molecule has 1 heterocycles. The van der Waals surface area contributed by atoms with Gasteiger partial charge in [-0.2, -0.15) is 0 Å². The Morgan fingerprint density at radius 2 is 1.90 bits per heavy atom. The smallest absolute Gasteiger partial charge is 0.269 e. The summed E-state index contributed by atoms with van der Waals surface area (Å²) in [4.78, 5) is 24.2. The SMILES string of the molecule is NC1C(=O)N(Cc2ccccc2)c2ccc([N+](=O)[O-])cc21. The van der Waals surface area contributed by atoms with Crippen LogP contribution < -0.4 is 10.6 Å². The van der Waals surface area contributed by atoms with Crippen LogP contribution in [-0.4, -0.2) is 10.8 Å². The van der Waals surface area contributed by atoms with Gasteiger partial charge >= 0.3 is 0 Å². The molecule has 2 aromatic carbocycles. The first-order valence-electron chi connectivity index (χ1n) is 6.47. The maximum Gasteiger partial charge on any atom is 0.269 e. The van der Waals surface area contributed by atoms with Gasteiger partial charge in [-0.25, -0.2) is 0 Å². The van der Waals surface area contributed by atoms with Gasteiger partial charge in [-0.3, -0.25) is 14.9 Å². The first-order chi connectivity index (χ1) is 10.1. The van der Waals surface area contributed by atoms with Gasteiger partial charge in [-0.15, -0.1) is 0 Å². The van der Waals surface area contributed by atoms with Gasteiger partial charge < -0.3 is 10.6 Å². The fourth-order valence-corrected chi connectivity index (χ4v) is 2.50. The predicted molar refractivity (Wildman–Crippen MR) is 77.7 cm³/mol. The van der Waals surface area contributed by atoms with Crippen molar-refractivity contribution in [3.63, 3.8) is 0 Å². The van der Waals surface area contributed by atoms with E-state index in [-0.39, 0.29) is 11.6 Å². The lowest BCUT2D eigenvalue weighted by atomic mass is 10.1. The zero-order valence-electron chi connectivity index (χ0n) is 11.1. The van der Waals surface area contributed by atoms with E-state index >= 15 is 0 Å². The average Bonchev–Trinajstić information content (AvgIpc) is 2.73. The monoisotopic (exact) mass is 283 g/mol. The summed E-state index contributed by atoms with van der Waals surface area (Å²) in [6.45, 7) is 0.401. The van der Waals surface area contributed by atoms with Crippen LogP contribution in [0.4, 0.5) is 11.4 Å². The molecule has 21 heavy (non-hydrogen) atoms. The van der Waals surface area contributed by atoms with Gasteiger partial charge in [0, 0.05) is 23.4 Å². The fraction of sp³-hybridized carbons (Fsp3) is 0.133. The second kappa shape index (κ2) is 4.99. The quantitative estimate of drug-likeness (QED) is 0.690. The van der Waals surface area contributed by atoms with E-state index in [4.69, 9.17) is 5.73 Å². The number of carbonyl (C=O) groups is 1. The Morgan fingerprint density at radius 3 is 2.57 bits per heavy atom. The third-order valence-corrected chi connectivity index (χ3v) is 3.56. The van der Waals surface area contributed by atoms with E-state index in [1.807, 2.05) is 30.3 Å². The lowest BCUT2D eigenvalue weighted by molar-refractivity contribution is -0.384. The Balaban J connectivity index is 1.98. The van der Waals surface area contributed by atoms with Crippen molar-refractivity contribution in [2.75, 3.05) is 4.90 Å². The number of non-ortho nitro benzene ring substituents is 1. The van der Waals surface area contributed by atoms with Crippen LogP contribution in [0.2, 0.25) is 0 Å². The second-order valence-electron chi connectivity index (χ2n) is 4.89. The number of nitrogens with two attached hydrogens (primary N) is 1. The number of carbonyl (C=O) groups excluding carboxylic acids is 1. The average molecular weight is 283 g/mol. The summed E-state index contributed by atoms with van der Waals surface area (Å²) in [6.07, 6.45) is 0. The highest BCUT2D eigenvalue weighted by atomic mass is 16.6. The first kappa shape index (κ1) is 13.3. The van der Waals surface area contributed by atoms with Crippen LogP contribution in [0, 0.1) is 10.1 Å². The van der Waals surface area contributed by atoms with Gasteiger partial charge in [0.05, 0.1) is 11.5 Å². The number of fused-ring (bicyclic) bond motifs is 1. The molecule has 0 spiro atoms. The molecule has 106 valence electrons. The Labute approximate surface area is 120 Å². The van der Waals surface area contributed by atoms with Crippen molar-refractivity contribution in [1.82, 2.24) is 0 Å². The third kappa shape index (κ3) is 2.25. The lowest BCUT2D eigenvalue weighted by Crippen LogP contribution is -2.31. The summed E-state index contributed by atoms with van der Waals surface area (Å²) < 4.78 is 0. The molecule has 0 aromatic heterocycles. The zero-order valence-corrected chi connectivity index (χ0v) is 11.1. The number of anilines is 1. The van der Waals surface area contributed by atoms with Crippen LogP contribution in [0.25, 0.3) is 0 Å². The molecular formula is C15H13N3O3. The minimum absolute atomic E-state index is 0.0569. The maximum atomic E-state index is 12.3. The number of nitrogens with zero attached hydrogens (tertiary/aromatic N) is 2. The van der Waals surface area contributed by atoms with E-state index in [0.717, 1.165) is 5.56 Å². The van der Waals surface area contributed by atoms with Gasteiger partial charge in [-0.05, 0) is 11.6 Å². The van der Waals surface area contributed by atoms with Gasteiger partial charge in [0.15, 0.2) is 0 Å². The van der Waals surface area contributed by atoms with Crippen LogP contribution in [0.3, 0.4) is 0 Å². The van der Waals surface area contributed by atoms with E-state index < -0.39 is 11.0 Å². The minimum atomic E-state index is -0.844. The summed E-state index contributed by atoms with van der Waals surface area (Å²) in [5.74, 6) is -0.241. The van der Waals surface area contributed by atoms with Crippen molar-refractivity contribution >= 4 is 17.3 Å². The normalized spacial score (nSPS) is 16.9. The topological polar surface area (TPSA) is 89.5 Å². The highest BCUT2D eigenvalue weighted by Crippen LogP contribution is 2.37. The number of rotatable bonds is 3. The Bertz CT molecular complexity index is 715. The van der Waals surface area contributed by atoms with E-state index in [1.165, 1.54) is 12.1 Å². The van der Waals surface area contributed by atoms with Gasteiger partial charge in [-0.1, -0.05) is 30.3 Å². The molecule has 1 amide bonds. The molecule has 1 aliphatic rings. The third-order valence-electron chi connectivity index (χ3n) is 3.56. The Kier molecular flexibility index (Phi) is 3.15. The van der Waals surface area contributed by atoms with Gasteiger partial charge in [0.1, 0.15) is 6.04 Å². The highest BCUT2D eigenvalue weighted by Gasteiger charge is 2.35.